The Morgan fingerprint density at radius 2 is 2.36 bits per heavy atom. The third kappa shape index (κ3) is 3.17. The van der Waals surface area contributed by atoms with E-state index in [1.807, 2.05) is 33.8 Å². The quantitative estimate of drug-likeness (QED) is 0.865. The van der Waals surface area contributed by atoms with Crippen LogP contribution in [0.3, 0.4) is 0 Å². The number of nitrogens with zero attached hydrogens (tertiary/aromatic N) is 4. The van der Waals surface area contributed by atoms with Crippen molar-refractivity contribution in [2.24, 2.45) is 0 Å². The average Bonchev–Trinajstić information content (AvgIpc) is 3.09. The van der Waals surface area contributed by atoms with Gasteiger partial charge < -0.3 is 9.64 Å². The van der Waals surface area contributed by atoms with Crippen LogP contribution < -0.4 is 0 Å². The Bertz CT molecular complexity index is 627. The number of ether oxygens (including phenoxy) is 1. The van der Waals surface area contributed by atoms with Gasteiger partial charge in [0.15, 0.2) is 0 Å². The molecule has 2 aromatic rings. The van der Waals surface area contributed by atoms with Crippen molar-refractivity contribution in [3.05, 3.63) is 48.0 Å². The van der Waals surface area contributed by atoms with Crippen molar-refractivity contribution in [1.29, 1.82) is 0 Å². The van der Waals surface area contributed by atoms with Crippen molar-refractivity contribution >= 4 is 5.91 Å². The van der Waals surface area contributed by atoms with Gasteiger partial charge in [0.05, 0.1) is 12.6 Å². The zero-order chi connectivity index (χ0) is 15.4. The van der Waals surface area contributed by atoms with Crippen LogP contribution in [0, 0.1) is 0 Å². The van der Waals surface area contributed by atoms with E-state index < -0.39 is 0 Å². The molecule has 0 radical (unpaired) electrons. The van der Waals surface area contributed by atoms with Gasteiger partial charge >= 0.3 is 0 Å². The number of aromatic nitrogens is 3. The van der Waals surface area contributed by atoms with E-state index in [1.165, 1.54) is 6.33 Å². The number of rotatable bonds is 4. The molecular formula is C16H20N4O2. The van der Waals surface area contributed by atoms with Crippen molar-refractivity contribution in [3.8, 4) is 0 Å². The molecule has 6 nitrogen and oxygen atoms in total. The summed E-state index contributed by atoms with van der Waals surface area (Å²) in [6, 6.07) is 7.85. The first kappa shape index (κ1) is 14.7. The van der Waals surface area contributed by atoms with Crippen molar-refractivity contribution in [2.75, 3.05) is 20.2 Å². The van der Waals surface area contributed by atoms with E-state index in [9.17, 15) is 4.79 Å². The molecule has 1 aliphatic heterocycles. The molecule has 1 aromatic heterocycles. The predicted octanol–water partition coefficient (Wildman–Crippen LogP) is 1.90. The number of hydrogen-bond acceptors (Lipinski definition) is 4. The second kappa shape index (κ2) is 6.70. The second-order valence-electron chi connectivity index (χ2n) is 5.56. The smallest absolute Gasteiger partial charge is 0.253 e. The van der Waals surface area contributed by atoms with Crippen LogP contribution in [-0.4, -0.2) is 45.8 Å². The first-order chi connectivity index (χ1) is 10.8. The van der Waals surface area contributed by atoms with Gasteiger partial charge in [0.25, 0.3) is 5.91 Å². The van der Waals surface area contributed by atoms with Crippen molar-refractivity contribution in [2.45, 2.75) is 25.5 Å². The number of methoxy groups -OCH3 is 1. The minimum atomic E-state index is 0.0720. The van der Waals surface area contributed by atoms with Gasteiger partial charge in [0.2, 0.25) is 0 Å². The highest BCUT2D eigenvalue weighted by Crippen LogP contribution is 2.22. The van der Waals surface area contributed by atoms with Crippen LogP contribution in [0.5, 0.6) is 0 Å². The molecule has 0 saturated carbocycles. The van der Waals surface area contributed by atoms with Gasteiger partial charge in [-0.15, -0.1) is 0 Å². The molecule has 0 aliphatic carbocycles. The van der Waals surface area contributed by atoms with Gasteiger partial charge in [-0.05, 0) is 30.5 Å². The Hall–Kier alpha value is -2.21. The first-order valence-corrected chi connectivity index (χ1v) is 7.49. The minimum absolute atomic E-state index is 0.0720. The summed E-state index contributed by atoms with van der Waals surface area (Å²) in [5.41, 5.74) is 1.73. The fraction of sp³-hybridized carbons (Fsp3) is 0.438. The molecule has 1 fully saturated rings. The van der Waals surface area contributed by atoms with E-state index in [1.54, 1.807) is 13.4 Å². The Kier molecular flexibility index (Phi) is 4.48. The van der Waals surface area contributed by atoms with Gasteiger partial charge in [-0.2, -0.15) is 5.10 Å². The number of carbonyl (C=O) groups is 1. The molecule has 6 heteroatoms. The van der Waals surface area contributed by atoms with Gasteiger partial charge in [-0.1, -0.05) is 12.1 Å². The number of amides is 1. The van der Waals surface area contributed by atoms with Crippen molar-refractivity contribution in [3.63, 3.8) is 0 Å². The van der Waals surface area contributed by atoms with Crippen LogP contribution in [0.15, 0.2) is 36.9 Å². The number of carbonyl (C=O) groups excluding carboxylic acids is 1. The molecule has 116 valence electrons. The van der Waals surface area contributed by atoms with Crippen LogP contribution in [0.25, 0.3) is 0 Å². The Morgan fingerprint density at radius 3 is 3.14 bits per heavy atom. The highest BCUT2D eigenvalue weighted by molar-refractivity contribution is 5.94. The molecule has 1 aliphatic rings. The number of likely N-dealkylation sites (tertiary alicyclic amines) is 1. The fourth-order valence-electron chi connectivity index (χ4n) is 2.90. The normalized spacial score (nSPS) is 18.4. The van der Waals surface area contributed by atoms with Crippen LogP contribution in [0.2, 0.25) is 0 Å². The van der Waals surface area contributed by atoms with Crippen molar-refractivity contribution in [1.82, 2.24) is 19.7 Å². The lowest BCUT2D eigenvalue weighted by Gasteiger charge is -2.32. The van der Waals surface area contributed by atoms with Crippen LogP contribution in [-0.2, 0) is 11.3 Å². The van der Waals surface area contributed by atoms with Crippen LogP contribution in [0.1, 0.15) is 34.8 Å². The predicted molar refractivity (Wildman–Crippen MR) is 81.4 cm³/mol. The molecule has 1 aromatic carbocycles. The maximum Gasteiger partial charge on any atom is 0.253 e. The first-order valence-electron chi connectivity index (χ1n) is 7.49. The molecule has 1 unspecified atom stereocenters. The highest BCUT2D eigenvalue weighted by Gasteiger charge is 2.25. The van der Waals surface area contributed by atoms with E-state index in [-0.39, 0.29) is 11.9 Å². The molecule has 1 amide bonds. The van der Waals surface area contributed by atoms with Gasteiger partial charge in [-0.25, -0.2) is 9.67 Å². The summed E-state index contributed by atoms with van der Waals surface area (Å²) in [6.45, 7) is 1.98. The second-order valence-corrected chi connectivity index (χ2v) is 5.56. The van der Waals surface area contributed by atoms with E-state index in [4.69, 9.17) is 4.74 Å². The number of hydrogen-bond donors (Lipinski definition) is 0. The van der Waals surface area contributed by atoms with Crippen LogP contribution >= 0.6 is 0 Å². The lowest BCUT2D eigenvalue weighted by molar-refractivity contribution is 0.0672. The standard InChI is InChI=1S/C16H20N4O2/c1-22-10-13-4-2-5-14(8-13)16(21)19-7-3-6-15(9-19)20-12-17-11-18-20/h2,4-5,8,11-12,15H,3,6-7,9-10H2,1H3. The zero-order valence-electron chi connectivity index (χ0n) is 12.7. The molecule has 0 N–H and O–H groups in total. The molecule has 0 spiro atoms. The maximum atomic E-state index is 12.7. The summed E-state index contributed by atoms with van der Waals surface area (Å²) < 4.78 is 6.98. The molecule has 2 heterocycles. The van der Waals surface area contributed by atoms with Gasteiger partial charge in [0, 0.05) is 25.8 Å². The third-order valence-electron chi connectivity index (χ3n) is 3.98. The maximum absolute atomic E-state index is 12.7. The van der Waals surface area contributed by atoms with Gasteiger partial charge in [-0.3, -0.25) is 4.79 Å². The summed E-state index contributed by atoms with van der Waals surface area (Å²) in [4.78, 5) is 18.6. The lowest BCUT2D eigenvalue weighted by Crippen LogP contribution is -2.40. The average molecular weight is 300 g/mol. The summed E-state index contributed by atoms with van der Waals surface area (Å²) >= 11 is 0. The molecule has 3 rings (SSSR count). The molecular weight excluding hydrogens is 280 g/mol. The van der Waals surface area contributed by atoms with Crippen molar-refractivity contribution < 1.29 is 9.53 Å². The largest absolute Gasteiger partial charge is 0.380 e. The summed E-state index contributed by atoms with van der Waals surface area (Å²) in [7, 11) is 1.65. The monoisotopic (exact) mass is 300 g/mol. The highest BCUT2D eigenvalue weighted by atomic mass is 16.5. The number of piperidine rings is 1. The Balaban J connectivity index is 1.72. The summed E-state index contributed by atoms with van der Waals surface area (Å²) in [5, 5.41) is 4.20. The zero-order valence-corrected chi connectivity index (χ0v) is 12.7. The molecule has 1 saturated heterocycles. The molecule has 1 atom stereocenters. The fourth-order valence-corrected chi connectivity index (χ4v) is 2.90. The van der Waals surface area contributed by atoms with Gasteiger partial charge in [0.1, 0.15) is 12.7 Å². The van der Waals surface area contributed by atoms with E-state index in [0.717, 1.165) is 24.9 Å². The third-order valence-corrected chi connectivity index (χ3v) is 3.98. The molecule has 0 bridgehead atoms. The Labute approximate surface area is 129 Å². The Morgan fingerprint density at radius 1 is 1.45 bits per heavy atom. The minimum Gasteiger partial charge on any atom is -0.380 e. The van der Waals surface area contributed by atoms with E-state index >= 15 is 0 Å². The summed E-state index contributed by atoms with van der Waals surface area (Å²) in [6.07, 6.45) is 5.26. The lowest BCUT2D eigenvalue weighted by atomic mass is 10.0. The SMILES string of the molecule is COCc1cccc(C(=O)N2CCCC(n3cncn3)C2)c1. The summed E-state index contributed by atoms with van der Waals surface area (Å²) in [5.74, 6) is 0.0720. The number of benzene rings is 1. The topological polar surface area (TPSA) is 60.2 Å². The molecule has 22 heavy (non-hydrogen) atoms. The van der Waals surface area contributed by atoms with E-state index in [2.05, 4.69) is 10.1 Å². The van der Waals surface area contributed by atoms with Crippen LogP contribution in [0.4, 0.5) is 0 Å². The van der Waals surface area contributed by atoms with E-state index in [0.29, 0.717) is 18.7 Å².